The normalized spacial score (nSPS) is 16.0. The van der Waals surface area contributed by atoms with E-state index in [1.54, 1.807) is 29.4 Å². The van der Waals surface area contributed by atoms with Gasteiger partial charge in [0, 0.05) is 62.7 Å². The van der Waals surface area contributed by atoms with Crippen molar-refractivity contribution >= 4 is 34.9 Å². The van der Waals surface area contributed by atoms with Crippen molar-refractivity contribution in [3.63, 3.8) is 0 Å². The van der Waals surface area contributed by atoms with Crippen LogP contribution in [0.4, 0.5) is 17.2 Å². The molecule has 0 radical (unpaired) electrons. The first kappa shape index (κ1) is 27.1. The molecule has 3 heterocycles. The third kappa shape index (κ3) is 5.35. The highest BCUT2D eigenvalue weighted by Gasteiger charge is 2.26. The molecule has 1 fully saturated rings. The first-order chi connectivity index (χ1) is 18.8. The van der Waals surface area contributed by atoms with Crippen LogP contribution in [0, 0.1) is 0 Å². The molecule has 0 spiro atoms. The number of methoxy groups -OCH3 is 1. The summed E-state index contributed by atoms with van der Waals surface area (Å²) < 4.78 is 7.67. The zero-order valence-corrected chi connectivity index (χ0v) is 23.7. The number of carbonyl (C=O) groups excluding carboxylic acids is 1. The summed E-state index contributed by atoms with van der Waals surface area (Å²) in [5.74, 6) is 0.115. The highest BCUT2D eigenvalue weighted by atomic mass is 32.2. The highest BCUT2D eigenvalue weighted by Crippen LogP contribution is 2.48. The lowest BCUT2D eigenvalue weighted by Gasteiger charge is -2.37. The van der Waals surface area contributed by atoms with Crippen LogP contribution in [0.5, 0.6) is 0 Å². The Bertz CT molecular complexity index is 1490. The van der Waals surface area contributed by atoms with Crippen molar-refractivity contribution in [1.82, 2.24) is 14.0 Å². The lowest BCUT2D eigenvalue weighted by molar-refractivity contribution is -0.141. The molecule has 2 aliphatic rings. The number of fused-ring (bicyclic) bond motifs is 2. The number of ether oxygens (including phenoxy) is 1. The number of esters is 1. The number of piperazine rings is 1. The minimum atomic E-state index is -0.329. The maximum atomic E-state index is 12.4. The fourth-order valence-corrected chi connectivity index (χ4v) is 6.42. The molecule has 1 saturated heterocycles. The van der Waals surface area contributed by atoms with E-state index in [1.165, 1.54) is 29.6 Å². The van der Waals surface area contributed by atoms with Crippen LogP contribution >= 0.6 is 11.8 Å². The van der Waals surface area contributed by atoms with Gasteiger partial charge in [0.2, 0.25) is 0 Å². The van der Waals surface area contributed by atoms with Crippen LogP contribution in [0.1, 0.15) is 24.8 Å². The van der Waals surface area contributed by atoms with Gasteiger partial charge in [0.05, 0.1) is 24.4 Å². The van der Waals surface area contributed by atoms with E-state index in [-0.39, 0.29) is 23.1 Å². The van der Waals surface area contributed by atoms with Crippen LogP contribution in [0.25, 0.3) is 0 Å². The molecular weight excluding hydrogens is 514 g/mol. The Morgan fingerprint density at radius 1 is 0.923 bits per heavy atom. The zero-order valence-electron chi connectivity index (χ0n) is 22.9. The molecule has 9 nitrogen and oxygen atoms in total. The molecule has 206 valence electrons. The number of nitrogens with zero attached hydrogens (tertiary/aromatic N) is 5. The quantitative estimate of drug-likeness (QED) is 0.416. The Morgan fingerprint density at radius 2 is 1.64 bits per heavy atom. The van der Waals surface area contributed by atoms with Gasteiger partial charge in [-0.3, -0.25) is 23.6 Å². The third-order valence-corrected chi connectivity index (χ3v) is 8.89. The molecule has 0 aliphatic carbocycles. The smallest absolute Gasteiger partial charge is 0.332 e. The molecular formula is C29H35N5O4S. The Kier molecular flexibility index (Phi) is 7.86. The van der Waals surface area contributed by atoms with E-state index < -0.39 is 0 Å². The fourth-order valence-electron chi connectivity index (χ4n) is 5.35. The van der Waals surface area contributed by atoms with Crippen molar-refractivity contribution in [1.29, 1.82) is 0 Å². The maximum absolute atomic E-state index is 12.4. The van der Waals surface area contributed by atoms with Crippen molar-refractivity contribution in [3.8, 4) is 0 Å². The summed E-state index contributed by atoms with van der Waals surface area (Å²) >= 11 is 1.76. The average Bonchev–Trinajstić information content (AvgIpc) is 2.97. The summed E-state index contributed by atoms with van der Waals surface area (Å²) in [4.78, 5) is 46.1. The van der Waals surface area contributed by atoms with Crippen molar-refractivity contribution < 1.29 is 9.53 Å². The zero-order chi connectivity index (χ0) is 27.7. The van der Waals surface area contributed by atoms with Crippen LogP contribution in [-0.4, -0.2) is 66.4 Å². The molecule has 1 aromatic heterocycles. The molecule has 5 rings (SSSR count). The van der Waals surface area contributed by atoms with E-state index in [0.29, 0.717) is 5.82 Å². The molecule has 3 aromatic rings. The predicted molar refractivity (Wildman–Crippen MR) is 155 cm³/mol. The van der Waals surface area contributed by atoms with Gasteiger partial charge in [0.1, 0.15) is 5.82 Å². The molecule has 0 bridgehead atoms. The summed E-state index contributed by atoms with van der Waals surface area (Å²) in [7, 11) is 4.65. The second kappa shape index (κ2) is 11.3. The van der Waals surface area contributed by atoms with Crippen molar-refractivity contribution in [3.05, 3.63) is 74.9 Å². The molecule has 1 unspecified atom stereocenters. The van der Waals surface area contributed by atoms with Crippen LogP contribution in [-0.2, 0) is 23.6 Å². The fraction of sp³-hybridized carbons (Fsp3) is 0.414. The molecule has 0 saturated carbocycles. The monoisotopic (exact) mass is 549 g/mol. The number of hydrogen-bond donors (Lipinski definition) is 0. The number of carbonyl (C=O) groups is 1. The van der Waals surface area contributed by atoms with Gasteiger partial charge in [-0.05, 0) is 49.7 Å². The number of rotatable bonds is 7. The van der Waals surface area contributed by atoms with Gasteiger partial charge >= 0.3 is 11.7 Å². The Labute approximate surface area is 232 Å². The number of benzene rings is 2. The average molecular weight is 550 g/mol. The lowest BCUT2D eigenvalue weighted by Crippen LogP contribution is -2.49. The molecule has 1 atom stereocenters. The molecule has 0 N–H and O–H groups in total. The van der Waals surface area contributed by atoms with E-state index in [0.717, 1.165) is 61.5 Å². The van der Waals surface area contributed by atoms with Crippen molar-refractivity contribution in [2.75, 3.05) is 56.2 Å². The Hall–Kier alpha value is -3.50. The Balaban J connectivity index is 1.26. The second-order valence-corrected chi connectivity index (χ2v) is 11.2. The van der Waals surface area contributed by atoms with E-state index in [4.69, 9.17) is 4.74 Å². The van der Waals surface area contributed by atoms with Crippen LogP contribution in [0.3, 0.4) is 0 Å². The van der Waals surface area contributed by atoms with Gasteiger partial charge < -0.3 is 14.5 Å². The standard InChI is InChI=1S/C29H35N5O4S/c1-20(28(36)38-4)21-10-11-25-23(18-21)34(22-8-5-6-9-24(22)39-25)13-7-12-32-14-16-33(17-15-32)26-19-27(35)31(3)29(37)30(26)2/h5-6,8-11,18-20H,7,12-17H2,1-4H3. The van der Waals surface area contributed by atoms with Gasteiger partial charge in [-0.1, -0.05) is 30.0 Å². The van der Waals surface area contributed by atoms with Gasteiger partial charge in [-0.25, -0.2) is 4.79 Å². The summed E-state index contributed by atoms with van der Waals surface area (Å²) in [6.45, 7) is 6.95. The van der Waals surface area contributed by atoms with Gasteiger partial charge in [0.25, 0.3) is 5.56 Å². The van der Waals surface area contributed by atoms with Crippen molar-refractivity contribution in [2.45, 2.75) is 29.1 Å². The number of hydrogen-bond acceptors (Lipinski definition) is 8. The molecule has 0 amide bonds. The topological polar surface area (TPSA) is 80.0 Å². The van der Waals surface area contributed by atoms with E-state index in [1.807, 2.05) is 13.0 Å². The summed E-state index contributed by atoms with van der Waals surface area (Å²) in [6.07, 6.45) is 0.972. The lowest BCUT2D eigenvalue weighted by atomic mass is 10.00. The molecule has 2 aromatic carbocycles. The summed E-state index contributed by atoms with van der Waals surface area (Å²) in [5.41, 5.74) is 2.69. The number of anilines is 3. The third-order valence-electron chi connectivity index (χ3n) is 7.76. The van der Waals surface area contributed by atoms with E-state index in [9.17, 15) is 14.4 Å². The van der Waals surface area contributed by atoms with Gasteiger partial charge in [0.15, 0.2) is 0 Å². The van der Waals surface area contributed by atoms with Crippen molar-refractivity contribution in [2.24, 2.45) is 14.1 Å². The first-order valence-electron chi connectivity index (χ1n) is 13.3. The molecule has 39 heavy (non-hydrogen) atoms. The number of aromatic nitrogens is 2. The van der Waals surface area contributed by atoms with Gasteiger partial charge in [-0.2, -0.15) is 0 Å². The van der Waals surface area contributed by atoms with E-state index >= 15 is 0 Å². The summed E-state index contributed by atoms with van der Waals surface area (Å²) in [6, 6.07) is 16.3. The van der Waals surface area contributed by atoms with Crippen LogP contribution < -0.4 is 21.0 Å². The predicted octanol–water partition coefficient (Wildman–Crippen LogP) is 3.18. The maximum Gasteiger partial charge on any atom is 0.332 e. The van der Waals surface area contributed by atoms with Crippen LogP contribution in [0.2, 0.25) is 0 Å². The van der Waals surface area contributed by atoms with Crippen LogP contribution in [0.15, 0.2) is 67.9 Å². The number of para-hydroxylation sites is 1. The first-order valence-corrected chi connectivity index (χ1v) is 14.1. The van der Waals surface area contributed by atoms with E-state index in [2.05, 4.69) is 51.1 Å². The second-order valence-electron chi connectivity index (χ2n) is 10.1. The Morgan fingerprint density at radius 3 is 2.38 bits per heavy atom. The summed E-state index contributed by atoms with van der Waals surface area (Å²) in [5, 5.41) is 0. The molecule has 2 aliphatic heterocycles. The van der Waals surface area contributed by atoms with Gasteiger partial charge in [-0.15, -0.1) is 0 Å². The minimum absolute atomic E-state index is 0.236. The SMILES string of the molecule is COC(=O)C(C)c1ccc2c(c1)N(CCCN1CCN(c3cc(=O)n(C)c(=O)n3C)CC1)c1ccccc1S2. The minimum Gasteiger partial charge on any atom is -0.469 e. The highest BCUT2D eigenvalue weighted by molar-refractivity contribution is 7.99. The largest absolute Gasteiger partial charge is 0.469 e. The molecule has 10 heteroatoms.